The molecule has 0 N–H and O–H groups in total. The zero-order valence-corrected chi connectivity index (χ0v) is 22.0. The predicted molar refractivity (Wildman–Crippen MR) is 130 cm³/mol. The molecule has 3 aliphatic heterocycles. The highest BCUT2D eigenvalue weighted by molar-refractivity contribution is 5.97. The van der Waals surface area contributed by atoms with Crippen LogP contribution in [0.4, 0.5) is 0 Å². The molecule has 1 spiro atoms. The summed E-state index contributed by atoms with van der Waals surface area (Å²) in [4.78, 5) is 26.7. The summed E-state index contributed by atoms with van der Waals surface area (Å²) in [5.41, 5.74) is 2.17. The number of epoxide rings is 1. The molecular weight excluding hydrogens is 440 g/mol. The van der Waals surface area contributed by atoms with E-state index in [1.54, 1.807) is 0 Å². The van der Waals surface area contributed by atoms with Crippen LogP contribution in [0.5, 0.6) is 0 Å². The molecule has 188 valence electrons. The number of hydrogen-bond acceptors (Lipinski definition) is 5. The molecule has 0 amide bonds. The molecule has 7 rings (SSSR count). The van der Waals surface area contributed by atoms with Crippen molar-refractivity contribution < 1.29 is 23.8 Å². The monoisotopic (exact) mass is 478 g/mol. The fourth-order valence-electron chi connectivity index (χ4n) is 9.38. The van der Waals surface area contributed by atoms with Crippen LogP contribution < -0.4 is 0 Å². The van der Waals surface area contributed by atoms with Crippen molar-refractivity contribution in [1.29, 1.82) is 0 Å². The molecule has 4 fully saturated rings. The maximum absolute atomic E-state index is 13.4. The van der Waals surface area contributed by atoms with Crippen molar-refractivity contribution in [3.8, 4) is 0 Å². The van der Waals surface area contributed by atoms with Crippen molar-refractivity contribution in [3.63, 3.8) is 0 Å². The van der Waals surface area contributed by atoms with Gasteiger partial charge in [-0.1, -0.05) is 39.7 Å². The molecule has 8 atom stereocenters. The first-order valence-electron chi connectivity index (χ1n) is 13.7. The molecule has 0 aromatic heterocycles. The Morgan fingerprint density at radius 3 is 2.34 bits per heavy atom. The summed E-state index contributed by atoms with van der Waals surface area (Å²) in [6, 6.07) is 0. The van der Waals surface area contributed by atoms with Gasteiger partial charge in [-0.25, -0.2) is 9.59 Å². The minimum atomic E-state index is -1.10. The average molecular weight is 479 g/mol. The molecular formula is C30H38O5. The summed E-state index contributed by atoms with van der Waals surface area (Å²) < 4.78 is 19.8. The van der Waals surface area contributed by atoms with Crippen LogP contribution in [0.25, 0.3) is 0 Å². The van der Waals surface area contributed by atoms with Gasteiger partial charge < -0.3 is 14.2 Å². The van der Waals surface area contributed by atoms with Crippen LogP contribution >= 0.6 is 0 Å². The fourth-order valence-corrected chi connectivity index (χ4v) is 9.38. The van der Waals surface area contributed by atoms with E-state index in [1.807, 2.05) is 13.8 Å². The zero-order chi connectivity index (χ0) is 24.8. The van der Waals surface area contributed by atoms with Gasteiger partial charge in [0.1, 0.15) is 11.7 Å². The van der Waals surface area contributed by atoms with Gasteiger partial charge in [0.2, 0.25) is 5.60 Å². The Morgan fingerprint density at radius 1 is 0.886 bits per heavy atom. The molecule has 0 bridgehead atoms. The molecule has 3 heterocycles. The molecule has 3 saturated carbocycles. The molecule has 0 unspecified atom stereocenters. The quantitative estimate of drug-likeness (QED) is 0.273. The molecule has 5 heteroatoms. The third kappa shape index (κ3) is 2.20. The molecule has 1 saturated heterocycles. The smallest absolute Gasteiger partial charge is 0.335 e. The number of allylic oxidation sites excluding steroid dienone is 1. The number of ether oxygens (including phenoxy) is 3. The number of carbonyl (C=O) groups excluding carboxylic acids is 2. The minimum Gasteiger partial charge on any atom is -0.443 e. The van der Waals surface area contributed by atoms with Crippen molar-refractivity contribution in [2.45, 2.75) is 116 Å². The average Bonchev–Trinajstić information content (AvgIpc) is 3.43. The van der Waals surface area contributed by atoms with Crippen LogP contribution in [-0.2, 0) is 23.8 Å². The van der Waals surface area contributed by atoms with E-state index in [0.717, 1.165) is 49.7 Å². The third-order valence-electron chi connectivity index (χ3n) is 12.1. The number of esters is 2. The lowest BCUT2D eigenvalue weighted by atomic mass is 9.47. The van der Waals surface area contributed by atoms with Crippen LogP contribution in [0.2, 0.25) is 0 Å². The van der Waals surface area contributed by atoms with E-state index in [0.29, 0.717) is 23.0 Å². The Hall–Kier alpha value is -1.88. The van der Waals surface area contributed by atoms with Gasteiger partial charge in [0.15, 0.2) is 5.60 Å². The molecule has 5 nitrogen and oxygen atoms in total. The summed E-state index contributed by atoms with van der Waals surface area (Å²) in [5.74, 6) is 0.455. The summed E-state index contributed by atoms with van der Waals surface area (Å²) in [7, 11) is 0. The molecule has 7 aliphatic rings. The van der Waals surface area contributed by atoms with E-state index in [4.69, 9.17) is 14.2 Å². The van der Waals surface area contributed by atoms with E-state index in [2.05, 4.69) is 33.8 Å². The number of fused-ring (bicyclic) bond motifs is 5. The zero-order valence-electron chi connectivity index (χ0n) is 22.0. The Labute approximate surface area is 208 Å². The fraction of sp³-hybridized carbons (Fsp3) is 0.733. The predicted octanol–water partition coefficient (Wildman–Crippen LogP) is 5.73. The van der Waals surface area contributed by atoms with E-state index >= 15 is 0 Å². The van der Waals surface area contributed by atoms with Crippen LogP contribution in [0, 0.1) is 22.7 Å². The lowest BCUT2D eigenvalue weighted by Crippen LogP contribution is -2.67. The van der Waals surface area contributed by atoms with Gasteiger partial charge in [0.05, 0.1) is 0 Å². The second-order valence-electron chi connectivity index (χ2n) is 13.3. The number of carbonyl (C=O) groups is 2. The van der Waals surface area contributed by atoms with Crippen LogP contribution in [-0.4, -0.2) is 34.8 Å². The Morgan fingerprint density at radius 2 is 1.57 bits per heavy atom. The van der Waals surface area contributed by atoms with E-state index in [1.165, 1.54) is 18.4 Å². The first-order chi connectivity index (χ1) is 16.5. The number of rotatable bonds is 1. The van der Waals surface area contributed by atoms with Gasteiger partial charge in [0, 0.05) is 16.6 Å². The van der Waals surface area contributed by atoms with Crippen LogP contribution in [0.15, 0.2) is 33.9 Å². The van der Waals surface area contributed by atoms with Crippen molar-refractivity contribution in [2.75, 3.05) is 0 Å². The molecule has 0 aromatic rings. The van der Waals surface area contributed by atoms with Crippen LogP contribution in [0.1, 0.15) is 92.9 Å². The van der Waals surface area contributed by atoms with Crippen LogP contribution in [0.3, 0.4) is 0 Å². The molecule has 0 aromatic carbocycles. The van der Waals surface area contributed by atoms with Gasteiger partial charge in [-0.3, -0.25) is 0 Å². The summed E-state index contributed by atoms with van der Waals surface area (Å²) in [6.07, 6.45) is 10.1. The highest BCUT2D eigenvalue weighted by atomic mass is 16.7. The topological polar surface area (TPSA) is 65.1 Å². The van der Waals surface area contributed by atoms with Gasteiger partial charge in [-0.2, -0.15) is 0 Å². The van der Waals surface area contributed by atoms with E-state index < -0.39 is 11.2 Å². The Bertz CT molecular complexity index is 1190. The summed E-state index contributed by atoms with van der Waals surface area (Å²) in [6.45, 7) is 13.2. The van der Waals surface area contributed by atoms with Crippen molar-refractivity contribution >= 4 is 11.9 Å². The highest BCUT2D eigenvalue weighted by Crippen LogP contribution is 2.76. The maximum Gasteiger partial charge on any atom is 0.335 e. The van der Waals surface area contributed by atoms with E-state index in [-0.39, 0.29) is 34.5 Å². The first-order valence-corrected chi connectivity index (χ1v) is 13.7. The normalized spacial score (nSPS) is 52.1. The van der Waals surface area contributed by atoms with Crippen molar-refractivity contribution in [2.24, 2.45) is 22.7 Å². The largest absolute Gasteiger partial charge is 0.443 e. The van der Waals surface area contributed by atoms with E-state index in [9.17, 15) is 9.59 Å². The maximum atomic E-state index is 13.4. The first kappa shape index (κ1) is 22.3. The van der Waals surface area contributed by atoms with Crippen molar-refractivity contribution in [1.82, 2.24) is 0 Å². The summed E-state index contributed by atoms with van der Waals surface area (Å²) >= 11 is 0. The van der Waals surface area contributed by atoms with Gasteiger partial charge in [0.25, 0.3) is 0 Å². The molecule has 0 radical (unpaired) electrons. The summed E-state index contributed by atoms with van der Waals surface area (Å²) in [5, 5.41) is 0. The van der Waals surface area contributed by atoms with Gasteiger partial charge in [-0.15, -0.1) is 0 Å². The minimum absolute atomic E-state index is 0.00483. The SMILES string of the molecule is CC1=C2C[C@@]3(C)C(=C[C@]2([C@@]24OC(=O)C(C)=C2C[C@]2(C)[C@@H](C)CCC[C@@]25O[C@H]54)OC1=O)CCC[C@@H]3C. The van der Waals surface area contributed by atoms with Crippen molar-refractivity contribution in [3.05, 3.63) is 33.9 Å². The van der Waals surface area contributed by atoms with Gasteiger partial charge >= 0.3 is 11.9 Å². The highest BCUT2D eigenvalue weighted by Gasteiger charge is 2.87. The second kappa shape index (κ2) is 6.33. The van der Waals surface area contributed by atoms with Gasteiger partial charge in [-0.05, 0) is 93.3 Å². The molecule has 35 heavy (non-hydrogen) atoms. The lowest BCUT2D eigenvalue weighted by Gasteiger charge is -2.57. The number of hydrogen-bond donors (Lipinski definition) is 0. The standard InChI is InChI=1S/C30H38O5/c1-16-9-7-11-20-13-29(21(14-26(16,20)5)18(3)23(31)33-29)30-22(19(4)24(32)34-30)15-27(6)17(2)10-8-12-28(27)25(30)35-28/h13,16-17,25H,7-12,14-15H2,1-6H3/t16-,17-,25+,26+,27+,28-,29-,30+/m0/s1. The lowest BCUT2D eigenvalue weighted by molar-refractivity contribution is -0.182. The Balaban J connectivity index is 1.50. The third-order valence-corrected chi connectivity index (χ3v) is 12.1. The molecule has 4 aliphatic carbocycles. The second-order valence-corrected chi connectivity index (χ2v) is 13.3. The Kier molecular flexibility index (Phi) is 4.04.